The van der Waals surface area contributed by atoms with E-state index in [1.54, 1.807) is 0 Å². The number of carbonyl (C=O) groups is 2. The van der Waals surface area contributed by atoms with Crippen LogP contribution in [0.1, 0.15) is 35.6 Å². The minimum absolute atomic E-state index is 0.269. The Morgan fingerprint density at radius 1 is 0.879 bits per heavy atom. The van der Waals surface area contributed by atoms with Gasteiger partial charge < -0.3 is 4.74 Å². The van der Waals surface area contributed by atoms with Crippen molar-refractivity contribution in [3.05, 3.63) is 100.0 Å². The van der Waals surface area contributed by atoms with E-state index in [0.29, 0.717) is 28.5 Å². The van der Waals surface area contributed by atoms with Gasteiger partial charge >= 0.3 is 0 Å². The molecule has 0 bridgehead atoms. The Balaban J connectivity index is 1.72. The third kappa shape index (κ3) is 4.88. The number of nitrogens with zero attached hydrogens (tertiary/aromatic N) is 1. The van der Waals surface area contributed by atoms with Crippen molar-refractivity contribution >= 4 is 34.8 Å². The van der Waals surface area contributed by atoms with Gasteiger partial charge in [-0.1, -0.05) is 67.1 Å². The summed E-state index contributed by atoms with van der Waals surface area (Å²) in [6.07, 6.45) is 0.922. The monoisotopic (exact) mass is 457 g/mol. The zero-order valence-corrected chi connectivity index (χ0v) is 19.9. The van der Waals surface area contributed by atoms with Crippen molar-refractivity contribution in [2.24, 2.45) is 0 Å². The summed E-state index contributed by atoms with van der Waals surface area (Å²) < 4.78 is 5.69. The molecule has 1 aliphatic heterocycles. The molecule has 0 saturated heterocycles. The Morgan fingerprint density at radius 3 is 2.27 bits per heavy atom. The number of carbonyl (C=O) groups excluding carboxylic acids is 2. The maximum Gasteiger partial charge on any atom is 0.272 e. The summed E-state index contributed by atoms with van der Waals surface area (Å²) >= 11 is 1.41. The van der Waals surface area contributed by atoms with Crippen molar-refractivity contribution in [1.29, 1.82) is 0 Å². The number of imide groups is 1. The van der Waals surface area contributed by atoms with Gasteiger partial charge in [0.2, 0.25) is 0 Å². The predicted octanol–water partition coefficient (Wildman–Crippen LogP) is 6.31. The van der Waals surface area contributed by atoms with Crippen LogP contribution < -0.4 is 9.64 Å². The fourth-order valence-electron chi connectivity index (χ4n) is 3.84. The van der Waals surface area contributed by atoms with Crippen LogP contribution in [0.3, 0.4) is 0 Å². The topological polar surface area (TPSA) is 46.6 Å². The van der Waals surface area contributed by atoms with Crippen molar-refractivity contribution in [3.8, 4) is 5.75 Å². The number of thioether (sulfide) groups is 1. The molecule has 0 atom stereocenters. The average molecular weight is 458 g/mol. The van der Waals surface area contributed by atoms with Crippen LogP contribution in [0.2, 0.25) is 0 Å². The molecular weight excluding hydrogens is 430 g/mol. The Kier molecular flexibility index (Phi) is 6.99. The molecule has 0 N–H and O–H groups in total. The standard InChI is InChI=1S/C28H27NO3S/c1-4-16-32-23-13-11-22(12-14-23)25-26(33-18-21-8-6-5-7-9-21)28(31)29(27(25)30)24-15-10-19(2)17-20(24)3/h5-15,17H,4,16,18H2,1-3H3. The van der Waals surface area contributed by atoms with Crippen LogP contribution in [0, 0.1) is 13.8 Å². The molecule has 0 spiro atoms. The maximum absolute atomic E-state index is 13.6. The summed E-state index contributed by atoms with van der Waals surface area (Å²) in [6, 6.07) is 23.2. The molecule has 3 aromatic carbocycles. The Hall–Kier alpha value is -3.31. The number of ether oxygens (including phenoxy) is 1. The molecule has 5 heteroatoms. The molecule has 0 saturated carbocycles. The fraction of sp³-hybridized carbons (Fsp3) is 0.214. The van der Waals surface area contributed by atoms with Crippen LogP contribution >= 0.6 is 11.8 Å². The van der Waals surface area contributed by atoms with Gasteiger partial charge in [-0.2, -0.15) is 0 Å². The van der Waals surface area contributed by atoms with E-state index in [0.717, 1.165) is 34.4 Å². The van der Waals surface area contributed by atoms with Gasteiger partial charge in [0.25, 0.3) is 11.8 Å². The molecule has 0 aromatic heterocycles. The highest BCUT2D eigenvalue weighted by Crippen LogP contribution is 2.40. The Bertz CT molecular complexity index is 1200. The second kappa shape index (κ2) is 10.1. The van der Waals surface area contributed by atoms with Gasteiger partial charge in [0, 0.05) is 5.75 Å². The zero-order chi connectivity index (χ0) is 23.4. The summed E-state index contributed by atoms with van der Waals surface area (Å²) in [4.78, 5) is 29.0. The zero-order valence-electron chi connectivity index (χ0n) is 19.1. The van der Waals surface area contributed by atoms with Crippen LogP contribution in [-0.2, 0) is 15.3 Å². The number of anilines is 1. The van der Waals surface area contributed by atoms with Crippen molar-refractivity contribution in [3.63, 3.8) is 0 Å². The lowest BCUT2D eigenvalue weighted by atomic mass is 10.1. The van der Waals surface area contributed by atoms with E-state index in [-0.39, 0.29) is 11.8 Å². The van der Waals surface area contributed by atoms with Crippen LogP contribution in [0.15, 0.2) is 77.7 Å². The van der Waals surface area contributed by atoms with Crippen molar-refractivity contribution in [1.82, 2.24) is 0 Å². The second-order valence-corrected chi connectivity index (χ2v) is 9.07. The number of benzene rings is 3. The molecule has 3 aromatic rings. The first kappa shape index (κ1) is 22.9. The van der Waals surface area contributed by atoms with Gasteiger partial charge in [0.15, 0.2) is 0 Å². The molecule has 168 valence electrons. The summed E-state index contributed by atoms with van der Waals surface area (Å²) in [7, 11) is 0. The molecule has 0 aliphatic carbocycles. The van der Waals surface area contributed by atoms with E-state index in [1.807, 2.05) is 86.6 Å². The first-order valence-corrected chi connectivity index (χ1v) is 12.1. The van der Waals surface area contributed by atoms with Gasteiger partial charge in [-0.3, -0.25) is 9.59 Å². The molecule has 0 fully saturated rings. The summed E-state index contributed by atoms with van der Waals surface area (Å²) in [6.45, 7) is 6.62. The summed E-state index contributed by atoms with van der Waals surface area (Å²) in [5.41, 5.74) is 4.88. The van der Waals surface area contributed by atoms with Gasteiger partial charge in [-0.15, -0.1) is 11.8 Å². The number of rotatable bonds is 8. The van der Waals surface area contributed by atoms with E-state index >= 15 is 0 Å². The van der Waals surface area contributed by atoms with E-state index < -0.39 is 0 Å². The normalized spacial score (nSPS) is 13.7. The van der Waals surface area contributed by atoms with E-state index in [4.69, 9.17) is 4.74 Å². The first-order valence-electron chi connectivity index (χ1n) is 11.1. The highest BCUT2D eigenvalue weighted by molar-refractivity contribution is 8.03. The second-order valence-electron chi connectivity index (χ2n) is 8.09. The lowest BCUT2D eigenvalue weighted by Gasteiger charge is -2.18. The molecule has 1 aliphatic rings. The molecule has 1 heterocycles. The van der Waals surface area contributed by atoms with Gasteiger partial charge in [0.1, 0.15) is 5.75 Å². The molecule has 4 nitrogen and oxygen atoms in total. The number of hydrogen-bond acceptors (Lipinski definition) is 4. The average Bonchev–Trinajstić information content (AvgIpc) is 3.07. The van der Waals surface area contributed by atoms with Crippen molar-refractivity contribution < 1.29 is 14.3 Å². The Labute approximate surface area is 199 Å². The van der Waals surface area contributed by atoms with E-state index in [1.165, 1.54) is 16.7 Å². The third-order valence-corrected chi connectivity index (χ3v) is 6.62. The molecule has 33 heavy (non-hydrogen) atoms. The van der Waals surface area contributed by atoms with Crippen LogP contribution in [0.5, 0.6) is 5.75 Å². The largest absolute Gasteiger partial charge is 0.494 e. The van der Waals surface area contributed by atoms with Crippen molar-refractivity contribution in [2.45, 2.75) is 32.9 Å². The van der Waals surface area contributed by atoms with Gasteiger partial charge in [-0.25, -0.2) is 4.90 Å². The quantitative estimate of drug-likeness (QED) is 0.372. The Morgan fingerprint density at radius 2 is 1.61 bits per heavy atom. The molecule has 0 unspecified atom stereocenters. The smallest absolute Gasteiger partial charge is 0.272 e. The maximum atomic E-state index is 13.6. The van der Waals surface area contributed by atoms with Crippen molar-refractivity contribution in [2.75, 3.05) is 11.5 Å². The van der Waals surface area contributed by atoms with E-state index in [9.17, 15) is 9.59 Å². The number of aryl methyl sites for hydroxylation is 2. The SMILES string of the molecule is CCCOc1ccc(C2=C(SCc3ccccc3)C(=O)N(c3ccc(C)cc3C)C2=O)cc1. The summed E-state index contributed by atoms with van der Waals surface area (Å²) in [5, 5.41) is 0. The van der Waals surface area contributed by atoms with Crippen LogP contribution in [0.4, 0.5) is 5.69 Å². The fourth-order valence-corrected chi connectivity index (χ4v) is 4.91. The molecule has 0 radical (unpaired) electrons. The predicted molar refractivity (Wildman–Crippen MR) is 135 cm³/mol. The number of amides is 2. The van der Waals surface area contributed by atoms with E-state index in [2.05, 4.69) is 6.92 Å². The lowest BCUT2D eigenvalue weighted by Crippen LogP contribution is -2.32. The first-order chi connectivity index (χ1) is 16.0. The highest BCUT2D eigenvalue weighted by atomic mass is 32.2. The third-order valence-electron chi connectivity index (χ3n) is 5.48. The minimum atomic E-state index is -0.287. The number of hydrogen-bond donors (Lipinski definition) is 0. The van der Waals surface area contributed by atoms with Crippen LogP contribution in [0.25, 0.3) is 5.57 Å². The van der Waals surface area contributed by atoms with Gasteiger partial charge in [-0.05, 0) is 55.2 Å². The lowest BCUT2D eigenvalue weighted by molar-refractivity contribution is -0.119. The van der Waals surface area contributed by atoms with Gasteiger partial charge in [0.05, 0.1) is 22.8 Å². The minimum Gasteiger partial charge on any atom is -0.494 e. The summed E-state index contributed by atoms with van der Waals surface area (Å²) in [5.74, 6) is 0.804. The molecule has 4 rings (SSSR count). The molecular formula is C28H27NO3S. The highest BCUT2D eigenvalue weighted by Gasteiger charge is 2.40. The molecule has 2 amide bonds. The van der Waals surface area contributed by atoms with Crippen LogP contribution in [-0.4, -0.2) is 18.4 Å².